The predicted octanol–water partition coefficient (Wildman–Crippen LogP) is 10.3. The normalized spacial score (nSPS) is 12.2. The summed E-state index contributed by atoms with van der Waals surface area (Å²) in [6, 6.07) is 49.4. The number of fused-ring (bicyclic) bond motifs is 2. The Labute approximate surface area is 301 Å². The molecule has 0 fully saturated rings. The minimum Gasteiger partial charge on any atom is -0.308 e. The Morgan fingerprint density at radius 1 is 0.360 bits per heavy atom. The summed E-state index contributed by atoms with van der Waals surface area (Å²) in [5.41, 5.74) is 6.30. The monoisotopic (exact) mass is 722 g/mol. The van der Waals surface area contributed by atoms with Crippen molar-refractivity contribution in [2.45, 2.75) is 27.7 Å². The summed E-state index contributed by atoms with van der Waals surface area (Å²) >= 11 is 3.20. The van der Waals surface area contributed by atoms with Gasteiger partial charge >= 0.3 is 0 Å². The van der Waals surface area contributed by atoms with Crippen molar-refractivity contribution in [3.8, 4) is 11.1 Å². The van der Waals surface area contributed by atoms with Crippen LogP contribution in [0, 0.1) is 27.7 Å². The number of hydrogen-bond donors (Lipinski definition) is 0. The van der Waals surface area contributed by atoms with Crippen molar-refractivity contribution in [2.24, 2.45) is 0 Å². The molecule has 6 heteroatoms. The molecule has 2 heterocycles. The summed E-state index contributed by atoms with van der Waals surface area (Å²) in [6.07, 6.45) is 0. The number of rotatable bonds is 7. The SMILES string of the molecule is Cc1ccc(P(=O)(c2ccc(C)cc2)c2sc3ccccc3c2-c2c(P(=O)(c3ccc(C)cc3)c3ccc(C)cc3)sc3ccccc23)cc1. The van der Waals surface area contributed by atoms with Gasteiger partial charge in [0, 0.05) is 52.5 Å². The van der Waals surface area contributed by atoms with Gasteiger partial charge in [-0.2, -0.15) is 0 Å². The highest BCUT2D eigenvalue weighted by atomic mass is 32.1. The van der Waals surface area contributed by atoms with Gasteiger partial charge in [0.05, 0.1) is 9.24 Å². The zero-order valence-corrected chi connectivity index (χ0v) is 31.8. The Kier molecular flexibility index (Phi) is 8.41. The summed E-state index contributed by atoms with van der Waals surface area (Å²) in [6.45, 7) is 8.23. The number of benzene rings is 6. The van der Waals surface area contributed by atoms with E-state index in [2.05, 4.69) is 113 Å². The van der Waals surface area contributed by atoms with Crippen molar-refractivity contribution in [3.63, 3.8) is 0 Å². The summed E-state index contributed by atoms with van der Waals surface area (Å²) in [5.74, 6) is 0. The molecule has 0 saturated heterocycles. The molecule has 2 nitrogen and oxygen atoms in total. The first-order valence-electron chi connectivity index (χ1n) is 16.7. The number of hydrogen-bond acceptors (Lipinski definition) is 4. The third-order valence-electron chi connectivity index (χ3n) is 9.57. The van der Waals surface area contributed by atoms with Crippen molar-refractivity contribution >= 4 is 87.6 Å². The minimum absolute atomic E-state index is 0.793. The lowest BCUT2D eigenvalue weighted by molar-refractivity contribution is 0.592. The van der Waals surface area contributed by atoms with Gasteiger partial charge in [0.15, 0.2) is 14.3 Å². The molecule has 0 unspecified atom stereocenters. The van der Waals surface area contributed by atoms with Crippen LogP contribution >= 0.6 is 37.0 Å². The molecule has 0 radical (unpaired) electrons. The van der Waals surface area contributed by atoms with Crippen molar-refractivity contribution in [1.29, 1.82) is 0 Å². The molecule has 246 valence electrons. The van der Waals surface area contributed by atoms with Gasteiger partial charge < -0.3 is 9.13 Å². The molecule has 0 aliphatic carbocycles. The van der Waals surface area contributed by atoms with Gasteiger partial charge in [-0.25, -0.2) is 0 Å². The van der Waals surface area contributed by atoms with E-state index < -0.39 is 14.3 Å². The van der Waals surface area contributed by atoms with E-state index in [9.17, 15) is 0 Å². The van der Waals surface area contributed by atoms with Gasteiger partial charge in [-0.3, -0.25) is 0 Å². The van der Waals surface area contributed by atoms with Crippen molar-refractivity contribution in [2.75, 3.05) is 0 Å². The maximum Gasteiger partial charge on any atom is 0.181 e. The van der Waals surface area contributed by atoms with Crippen LogP contribution in [0.4, 0.5) is 0 Å². The van der Waals surface area contributed by atoms with Crippen molar-refractivity contribution in [1.82, 2.24) is 0 Å². The van der Waals surface area contributed by atoms with E-state index in [4.69, 9.17) is 0 Å². The van der Waals surface area contributed by atoms with Crippen LogP contribution in [0.15, 0.2) is 146 Å². The fraction of sp³-hybridized carbons (Fsp3) is 0.0909. The molecular formula is C44H36O2P2S2. The van der Waals surface area contributed by atoms with Crippen LogP contribution in [0.3, 0.4) is 0 Å². The Morgan fingerprint density at radius 3 is 0.900 bits per heavy atom. The molecule has 0 bridgehead atoms. The first-order valence-corrected chi connectivity index (χ1v) is 21.8. The van der Waals surface area contributed by atoms with Gasteiger partial charge in [0.2, 0.25) is 0 Å². The van der Waals surface area contributed by atoms with Crippen LogP contribution in [0.5, 0.6) is 0 Å². The van der Waals surface area contributed by atoms with Crippen molar-refractivity contribution < 1.29 is 9.13 Å². The third-order valence-corrected chi connectivity index (χ3v) is 19.3. The molecule has 0 aliphatic rings. The van der Waals surface area contributed by atoms with Crippen LogP contribution in [0.1, 0.15) is 22.3 Å². The average molecular weight is 723 g/mol. The molecule has 0 spiro atoms. The van der Waals surface area contributed by atoms with E-state index in [0.29, 0.717) is 0 Å². The first-order chi connectivity index (χ1) is 24.2. The number of aryl methyl sites for hydroxylation is 4. The summed E-state index contributed by atoms with van der Waals surface area (Å²) in [7, 11) is -6.88. The lowest BCUT2D eigenvalue weighted by Crippen LogP contribution is -2.27. The second-order valence-electron chi connectivity index (χ2n) is 13.1. The highest BCUT2D eigenvalue weighted by Gasteiger charge is 2.40. The third kappa shape index (κ3) is 5.38. The zero-order chi connectivity index (χ0) is 34.6. The molecule has 50 heavy (non-hydrogen) atoms. The molecule has 8 rings (SSSR count). The summed E-state index contributed by atoms with van der Waals surface area (Å²) in [5, 5.41) is 5.22. The van der Waals surface area contributed by atoms with Gasteiger partial charge in [0.1, 0.15) is 0 Å². The average Bonchev–Trinajstić information content (AvgIpc) is 3.71. The highest BCUT2D eigenvalue weighted by Crippen LogP contribution is 2.55. The maximum absolute atomic E-state index is 16.4. The van der Waals surface area contributed by atoms with Gasteiger partial charge in [-0.1, -0.05) is 156 Å². The molecule has 6 aromatic carbocycles. The maximum atomic E-state index is 16.4. The van der Waals surface area contributed by atoms with E-state index in [1.165, 1.54) is 0 Å². The van der Waals surface area contributed by atoms with Crippen molar-refractivity contribution in [3.05, 3.63) is 168 Å². The second-order valence-corrected chi connectivity index (χ2v) is 21.2. The molecule has 0 atom stereocenters. The van der Waals surface area contributed by atoms with Crippen LogP contribution in [-0.4, -0.2) is 0 Å². The lowest BCUT2D eigenvalue weighted by Gasteiger charge is -2.23. The first kappa shape index (κ1) is 32.9. The highest BCUT2D eigenvalue weighted by molar-refractivity contribution is 7.90. The quantitative estimate of drug-likeness (QED) is 0.154. The summed E-state index contributed by atoms with van der Waals surface area (Å²) in [4.78, 5) is 0. The van der Waals surface area contributed by atoms with E-state index in [1.54, 1.807) is 22.7 Å². The Morgan fingerprint density at radius 2 is 0.620 bits per heavy atom. The molecule has 8 aromatic rings. The largest absolute Gasteiger partial charge is 0.308 e. The second kappa shape index (κ2) is 12.8. The molecule has 0 amide bonds. The standard InChI is InChI=1S/C44H36O2P2S2/c1-29-13-21-33(22-14-29)47(45,34-23-15-30(2)16-24-34)43-41(37-9-5-7-11-39(37)49-43)42-38-10-6-8-12-40(38)50-44(42)48(46,35-25-17-31(3)18-26-35)36-27-19-32(4)20-28-36/h5-28H,1-4H3. The fourth-order valence-corrected chi connectivity index (χ4v) is 16.5. The molecular weight excluding hydrogens is 687 g/mol. The lowest BCUT2D eigenvalue weighted by atomic mass is 10.0. The number of thiophene rings is 2. The zero-order valence-electron chi connectivity index (χ0n) is 28.4. The van der Waals surface area contributed by atoms with Gasteiger partial charge in [0.25, 0.3) is 0 Å². The fourth-order valence-electron chi connectivity index (χ4n) is 6.78. The van der Waals surface area contributed by atoms with E-state index in [-0.39, 0.29) is 0 Å². The Bertz CT molecular complexity index is 2330. The Hall–Kier alpha value is -4.30. The Balaban J connectivity index is 1.54. The van der Waals surface area contributed by atoms with E-state index in [0.717, 1.165) is 84.0 Å². The smallest absolute Gasteiger partial charge is 0.181 e. The van der Waals surface area contributed by atoms with Gasteiger partial charge in [-0.05, 0) is 39.8 Å². The van der Waals surface area contributed by atoms with E-state index >= 15 is 9.13 Å². The minimum atomic E-state index is -3.44. The molecule has 0 aliphatic heterocycles. The van der Waals surface area contributed by atoms with E-state index in [1.807, 2.05) is 60.7 Å². The van der Waals surface area contributed by atoms with Gasteiger partial charge in [-0.15, -0.1) is 22.7 Å². The van der Waals surface area contributed by atoms with Crippen LogP contribution in [-0.2, 0) is 9.13 Å². The molecule has 2 aromatic heterocycles. The topological polar surface area (TPSA) is 34.1 Å². The molecule has 0 saturated carbocycles. The summed E-state index contributed by atoms with van der Waals surface area (Å²) < 4.78 is 36.5. The van der Waals surface area contributed by atoms with Crippen LogP contribution in [0.2, 0.25) is 0 Å². The van der Waals surface area contributed by atoms with Crippen LogP contribution < -0.4 is 30.5 Å². The predicted molar refractivity (Wildman–Crippen MR) is 220 cm³/mol. The van der Waals surface area contributed by atoms with Crippen LogP contribution in [0.25, 0.3) is 31.3 Å². The molecule has 0 N–H and O–H groups in total.